The Balaban J connectivity index is 1.50. The van der Waals surface area contributed by atoms with E-state index in [1.54, 1.807) is 19.1 Å². The quantitative estimate of drug-likeness (QED) is 0.322. The number of aromatic nitrogens is 3. The van der Waals surface area contributed by atoms with Gasteiger partial charge in [0.2, 0.25) is 5.91 Å². The molecular weight excluding hydrogens is 420 g/mol. The Bertz CT molecular complexity index is 1410. The van der Waals surface area contributed by atoms with E-state index in [1.807, 2.05) is 35.2 Å². The zero-order chi connectivity index (χ0) is 22.9. The van der Waals surface area contributed by atoms with Crippen LogP contribution in [0.3, 0.4) is 0 Å². The van der Waals surface area contributed by atoms with Crippen molar-refractivity contribution in [1.29, 1.82) is 5.26 Å². The Kier molecular flexibility index (Phi) is 5.28. The molecule has 5 rings (SSSR count). The molecule has 0 radical (unpaired) electrons. The summed E-state index contributed by atoms with van der Waals surface area (Å²) in [5.74, 6) is -0.863. The lowest BCUT2D eigenvalue weighted by Gasteiger charge is -2.33. The summed E-state index contributed by atoms with van der Waals surface area (Å²) < 4.78 is 5.14. The highest BCUT2D eigenvalue weighted by Gasteiger charge is 2.37. The Hall–Kier alpha value is -4.16. The van der Waals surface area contributed by atoms with Gasteiger partial charge in [0, 0.05) is 35.9 Å². The van der Waals surface area contributed by atoms with Gasteiger partial charge >= 0.3 is 5.97 Å². The number of benzene rings is 2. The van der Waals surface area contributed by atoms with E-state index in [1.165, 1.54) is 0 Å². The first-order chi connectivity index (χ1) is 16.1. The number of amides is 1. The number of H-pyrrole nitrogens is 2. The lowest BCUT2D eigenvalue weighted by Crippen LogP contribution is -2.58. The van der Waals surface area contributed by atoms with Gasteiger partial charge in [-0.15, -0.1) is 0 Å². The minimum absolute atomic E-state index is 0.223. The maximum Gasteiger partial charge on any atom is 0.333 e. The smallest absolute Gasteiger partial charge is 0.333 e. The molecule has 3 heterocycles. The number of nitriles is 1. The highest BCUT2D eigenvalue weighted by atomic mass is 16.5. The van der Waals surface area contributed by atoms with Crippen LogP contribution < -0.4 is 5.32 Å². The van der Waals surface area contributed by atoms with E-state index < -0.39 is 12.0 Å². The summed E-state index contributed by atoms with van der Waals surface area (Å²) in [6.45, 7) is 3.41. The van der Waals surface area contributed by atoms with Crippen LogP contribution in [-0.2, 0) is 20.9 Å². The van der Waals surface area contributed by atoms with Gasteiger partial charge < -0.3 is 15.0 Å². The van der Waals surface area contributed by atoms with E-state index in [-0.39, 0.29) is 12.5 Å². The Morgan fingerprint density at radius 3 is 2.94 bits per heavy atom. The lowest BCUT2D eigenvalue weighted by molar-refractivity contribution is -0.155. The van der Waals surface area contributed by atoms with E-state index >= 15 is 0 Å². The molecule has 0 spiro atoms. The van der Waals surface area contributed by atoms with Gasteiger partial charge in [0.05, 0.1) is 29.5 Å². The van der Waals surface area contributed by atoms with Crippen molar-refractivity contribution >= 4 is 33.7 Å². The van der Waals surface area contributed by atoms with Crippen molar-refractivity contribution in [3.05, 3.63) is 53.6 Å². The summed E-state index contributed by atoms with van der Waals surface area (Å²) in [5.41, 5.74) is 4.88. The highest BCUT2D eigenvalue weighted by Crippen LogP contribution is 2.31. The molecule has 166 valence electrons. The summed E-state index contributed by atoms with van der Waals surface area (Å²) in [6.07, 6.45) is 0. The van der Waals surface area contributed by atoms with Crippen LogP contribution in [0.2, 0.25) is 0 Å². The van der Waals surface area contributed by atoms with E-state index in [2.05, 4.69) is 26.6 Å². The van der Waals surface area contributed by atoms with Gasteiger partial charge in [0.25, 0.3) is 0 Å². The van der Waals surface area contributed by atoms with Crippen LogP contribution in [0, 0.1) is 11.3 Å². The maximum absolute atomic E-state index is 12.4. The monoisotopic (exact) mass is 442 g/mol. The normalized spacial score (nSPS) is 16.6. The number of ether oxygens (including phenoxy) is 1. The van der Waals surface area contributed by atoms with Crippen molar-refractivity contribution in [3.8, 4) is 17.5 Å². The highest BCUT2D eigenvalue weighted by molar-refractivity contribution is 6.02. The van der Waals surface area contributed by atoms with Gasteiger partial charge in [-0.2, -0.15) is 10.4 Å². The van der Waals surface area contributed by atoms with Crippen LogP contribution in [0.4, 0.5) is 0 Å². The fourth-order valence-corrected chi connectivity index (χ4v) is 4.36. The van der Waals surface area contributed by atoms with E-state index in [4.69, 9.17) is 10.00 Å². The Morgan fingerprint density at radius 1 is 1.24 bits per heavy atom. The molecule has 1 unspecified atom stereocenters. The number of piperazine rings is 1. The summed E-state index contributed by atoms with van der Waals surface area (Å²) in [7, 11) is 0. The van der Waals surface area contributed by atoms with Gasteiger partial charge in [-0.3, -0.25) is 14.8 Å². The average Bonchev–Trinajstić information content (AvgIpc) is 3.43. The number of hydrogen-bond acceptors (Lipinski definition) is 6. The van der Waals surface area contributed by atoms with E-state index in [9.17, 15) is 9.59 Å². The van der Waals surface area contributed by atoms with Gasteiger partial charge in [-0.1, -0.05) is 12.1 Å². The van der Waals surface area contributed by atoms with Crippen LogP contribution in [-0.4, -0.2) is 57.7 Å². The first-order valence-corrected chi connectivity index (χ1v) is 10.8. The topological polar surface area (TPSA) is 127 Å². The summed E-state index contributed by atoms with van der Waals surface area (Å²) in [5, 5.41) is 21.2. The molecule has 2 aromatic heterocycles. The van der Waals surface area contributed by atoms with Crippen molar-refractivity contribution in [2.24, 2.45) is 0 Å². The van der Waals surface area contributed by atoms with E-state index in [0.29, 0.717) is 25.2 Å². The standard InChI is InChI=1S/C24H22N6O3/c1-2-33-24(32)22-23(31)26-8-9-30(22)13-15-4-3-5-18-17(15)11-20(27-18)21-16-7-6-14(12-25)10-19(16)28-29-21/h3-7,10-11,22,27H,2,8-9,13H2,1H3,(H,26,31)(H,28,29). The number of nitrogens with zero attached hydrogens (tertiary/aromatic N) is 3. The SMILES string of the molecule is CCOC(=O)C1C(=O)NCCN1Cc1cccc2[nH]c(-c3n[nH]c4cc(C#N)ccc34)cc12. The molecule has 33 heavy (non-hydrogen) atoms. The molecule has 2 aromatic carbocycles. The fourth-order valence-electron chi connectivity index (χ4n) is 4.36. The number of carbonyl (C=O) groups excluding carboxylic acids is 2. The second kappa shape index (κ2) is 8.41. The van der Waals surface area contributed by atoms with E-state index in [0.717, 1.165) is 38.8 Å². The molecule has 3 N–H and O–H groups in total. The molecular formula is C24H22N6O3. The number of esters is 1. The average molecular weight is 442 g/mol. The Labute approximate surface area is 189 Å². The van der Waals surface area contributed by atoms with Crippen molar-refractivity contribution in [3.63, 3.8) is 0 Å². The fraction of sp³-hybridized carbons (Fsp3) is 0.250. The molecule has 9 nitrogen and oxygen atoms in total. The third kappa shape index (κ3) is 3.70. The van der Waals surface area contributed by atoms with Gasteiger partial charge in [0.15, 0.2) is 6.04 Å². The number of fused-ring (bicyclic) bond motifs is 2. The maximum atomic E-state index is 12.4. The third-order valence-electron chi connectivity index (χ3n) is 5.90. The van der Waals surface area contributed by atoms with Crippen molar-refractivity contribution < 1.29 is 14.3 Å². The summed E-state index contributed by atoms with van der Waals surface area (Å²) in [6, 6.07) is 14.6. The molecule has 1 atom stereocenters. The van der Waals surface area contributed by atoms with Crippen LogP contribution in [0.25, 0.3) is 33.2 Å². The molecule has 1 aliphatic rings. The van der Waals surface area contributed by atoms with Crippen LogP contribution >= 0.6 is 0 Å². The van der Waals surface area contributed by atoms with Crippen molar-refractivity contribution in [2.45, 2.75) is 19.5 Å². The number of hydrogen-bond donors (Lipinski definition) is 3. The van der Waals surface area contributed by atoms with Gasteiger partial charge in [-0.05, 0) is 42.8 Å². The molecule has 1 aliphatic heterocycles. The minimum atomic E-state index is -0.961. The van der Waals surface area contributed by atoms with Crippen LogP contribution in [0.5, 0.6) is 0 Å². The van der Waals surface area contributed by atoms with Gasteiger partial charge in [-0.25, -0.2) is 4.79 Å². The predicted molar refractivity (Wildman–Crippen MR) is 122 cm³/mol. The molecule has 1 amide bonds. The molecule has 0 bridgehead atoms. The third-order valence-corrected chi connectivity index (χ3v) is 5.90. The predicted octanol–water partition coefficient (Wildman–Crippen LogP) is 2.45. The van der Waals surface area contributed by atoms with Gasteiger partial charge in [0.1, 0.15) is 5.69 Å². The largest absolute Gasteiger partial charge is 0.464 e. The summed E-state index contributed by atoms with van der Waals surface area (Å²) >= 11 is 0. The number of nitrogens with one attached hydrogen (secondary N) is 3. The van der Waals surface area contributed by atoms with Crippen molar-refractivity contribution in [2.75, 3.05) is 19.7 Å². The van der Waals surface area contributed by atoms with Crippen LogP contribution in [0.15, 0.2) is 42.5 Å². The zero-order valence-electron chi connectivity index (χ0n) is 18.0. The zero-order valence-corrected chi connectivity index (χ0v) is 18.0. The first kappa shape index (κ1) is 20.7. The first-order valence-electron chi connectivity index (χ1n) is 10.8. The number of aromatic amines is 2. The molecule has 9 heteroatoms. The second-order valence-electron chi connectivity index (χ2n) is 7.92. The second-order valence-corrected chi connectivity index (χ2v) is 7.92. The number of rotatable bonds is 5. The molecule has 4 aromatic rings. The number of carbonyl (C=O) groups is 2. The Morgan fingerprint density at radius 2 is 2.12 bits per heavy atom. The lowest BCUT2D eigenvalue weighted by atomic mass is 10.1. The molecule has 1 saturated heterocycles. The molecule has 1 fully saturated rings. The molecule has 0 aliphatic carbocycles. The minimum Gasteiger partial charge on any atom is -0.464 e. The molecule has 0 saturated carbocycles. The van der Waals surface area contributed by atoms with Crippen molar-refractivity contribution in [1.82, 2.24) is 25.4 Å². The van der Waals surface area contributed by atoms with Crippen LogP contribution in [0.1, 0.15) is 18.1 Å². The summed E-state index contributed by atoms with van der Waals surface area (Å²) in [4.78, 5) is 30.1.